The van der Waals surface area contributed by atoms with Crippen LogP contribution in [0.2, 0.25) is 5.02 Å². The number of halogens is 1. The molecule has 1 fully saturated rings. The summed E-state index contributed by atoms with van der Waals surface area (Å²) >= 11 is 7.78. The average molecular weight is 297 g/mol. The van der Waals surface area contributed by atoms with Crippen molar-refractivity contribution in [2.24, 2.45) is 0 Å². The van der Waals surface area contributed by atoms with E-state index in [0.717, 1.165) is 31.3 Å². The van der Waals surface area contributed by atoms with Gasteiger partial charge in [0.25, 0.3) is 0 Å². The Morgan fingerprint density at radius 1 is 1.16 bits per heavy atom. The lowest BCUT2D eigenvalue weighted by Crippen LogP contribution is -2.47. The number of nitrogens with zero attached hydrogens (tertiary/aromatic N) is 5. The monoisotopic (exact) mass is 296 g/mol. The van der Waals surface area contributed by atoms with Gasteiger partial charge in [0, 0.05) is 37.8 Å². The highest BCUT2D eigenvalue weighted by Crippen LogP contribution is 2.26. The maximum Gasteiger partial charge on any atom is 0.222 e. The molecular formula is C11H13ClN6S. The number of rotatable bonds is 2. The van der Waals surface area contributed by atoms with E-state index in [9.17, 15) is 0 Å². The molecule has 0 atom stereocenters. The molecule has 1 aliphatic heterocycles. The zero-order chi connectivity index (χ0) is 13.2. The van der Waals surface area contributed by atoms with Crippen molar-refractivity contribution in [3.05, 3.63) is 22.8 Å². The van der Waals surface area contributed by atoms with Gasteiger partial charge < -0.3 is 15.5 Å². The smallest absolute Gasteiger partial charge is 0.222 e. The summed E-state index contributed by atoms with van der Waals surface area (Å²) in [4.78, 5) is 16.8. The molecule has 2 N–H and O–H groups in total. The van der Waals surface area contributed by atoms with E-state index in [-0.39, 0.29) is 5.95 Å². The molecule has 2 aromatic rings. The van der Waals surface area contributed by atoms with Crippen LogP contribution in [0.3, 0.4) is 0 Å². The minimum absolute atomic E-state index is 0.252. The molecule has 2 aromatic heterocycles. The standard InChI is InChI=1S/C11H13ClN6S/c12-8-7-15-10(13)16-9(8)17-2-4-18(5-3-17)11-14-1-6-19-11/h1,6-7H,2-5H2,(H2,13,15,16). The quantitative estimate of drug-likeness (QED) is 0.905. The van der Waals surface area contributed by atoms with Crippen LogP contribution in [0.25, 0.3) is 0 Å². The summed E-state index contributed by atoms with van der Waals surface area (Å²) in [5, 5.41) is 3.59. The third-order valence-corrected chi connectivity index (χ3v) is 4.11. The van der Waals surface area contributed by atoms with Crippen molar-refractivity contribution in [3.63, 3.8) is 0 Å². The lowest BCUT2D eigenvalue weighted by molar-refractivity contribution is 0.646. The number of nitrogen functional groups attached to an aromatic ring is 1. The fourth-order valence-corrected chi connectivity index (χ4v) is 2.98. The van der Waals surface area contributed by atoms with Crippen LogP contribution in [0.4, 0.5) is 16.9 Å². The van der Waals surface area contributed by atoms with Gasteiger partial charge in [-0.05, 0) is 0 Å². The second kappa shape index (κ2) is 5.18. The van der Waals surface area contributed by atoms with Gasteiger partial charge in [-0.1, -0.05) is 11.6 Å². The van der Waals surface area contributed by atoms with Gasteiger partial charge in [0.1, 0.15) is 5.02 Å². The molecule has 1 saturated heterocycles. The van der Waals surface area contributed by atoms with E-state index in [2.05, 4.69) is 24.8 Å². The highest BCUT2D eigenvalue weighted by molar-refractivity contribution is 7.13. The van der Waals surface area contributed by atoms with Gasteiger partial charge >= 0.3 is 0 Å². The van der Waals surface area contributed by atoms with Gasteiger partial charge in [0.05, 0.1) is 6.20 Å². The van der Waals surface area contributed by atoms with E-state index < -0.39 is 0 Å². The lowest BCUT2D eigenvalue weighted by Gasteiger charge is -2.35. The highest BCUT2D eigenvalue weighted by atomic mass is 35.5. The first kappa shape index (κ1) is 12.4. The molecule has 0 spiro atoms. The molecule has 3 heterocycles. The zero-order valence-corrected chi connectivity index (χ0v) is 11.7. The number of piperazine rings is 1. The first-order chi connectivity index (χ1) is 9.24. The SMILES string of the molecule is Nc1ncc(Cl)c(N2CCN(c3nccs3)CC2)n1. The molecular weight excluding hydrogens is 284 g/mol. The molecule has 0 bridgehead atoms. The number of hydrogen-bond donors (Lipinski definition) is 1. The van der Waals surface area contributed by atoms with Gasteiger partial charge in [0.2, 0.25) is 5.95 Å². The molecule has 100 valence electrons. The van der Waals surface area contributed by atoms with E-state index in [1.807, 2.05) is 11.6 Å². The minimum atomic E-state index is 0.252. The Hall–Kier alpha value is -1.60. The summed E-state index contributed by atoms with van der Waals surface area (Å²) in [6.07, 6.45) is 3.38. The van der Waals surface area contributed by atoms with Crippen LogP contribution in [-0.4, -0.2) is 41.1 Å². The average Bonchev–Trinajstić information content (AvgIpc) is 2.96. The third kappa shape index (κ3) is 2.57. The zero-order valence-electron chi connectivity index (χ0n) is 10.2. The van der Waals surface area contributed by atoms with Crippen molar-refractivity contribution in [3.8, 4) is 0 Å². The highest BCUT2D eigenvalue weighted by Gasteiger charge is 2.21. The van der Waals surface area contributed by atoms with Crippen molar-refractivity contribution in [2.75, 3.05) is 41.7 Å². The summed E-state index contributed by atoms with van der Waals surface area (Å²) in [6.45, 7) is 3.48. The Morgan fingerprint density at radius 3 is 2.58 bits per heavy atom. The van der Waals surface area contributed by atoms with Crippen LogP contribution in [0.1, 0.15) is 0 Å². The number of aromatic nitrogens is 3. The summed E-state index contributed by atoms with van der Waals surface area (Å²) in [7, 11) is 0. The maximum absolute atomic E-state index is 6.12. The van der Waals surface area contributed by atoms with Crippen LogP contribution in [-0.2, 0) is 0 Å². The van der Waals surface area contributed by atoms with Gasteiger partial charge in [-0.15, -0.1) is 11.3 Å². The molecule has 0 radical (unpaired) electrons. The Kier molecular flexibility index (Phi) is 3.39. The van der Waals surface area contributed by atoms with Crippen molar-refractivity contribution < 1.29 is 0 Å². The van der Waals surface area contributed by atoms with Crippen molar-refractivity contribution in [1.29, 1.82) is 0 Å². The van der Waals surface area contributed by atoms with Crippen molar-refractivity contribution in [1.82, 2.24) is 15.0 Å². The predicted molar refractivity (Wildman–Crippen MR) is 78.0 cm³/mol. The molecule has 1 aliphatic rings. The van der Waals surface area contributed by atoms with Crippen molar-refractivity contribution in [2.45, 2.75) is 0 Å². The van der Waals surface area contributed by atoms with Gasteiger partial charge in [0.15, 0.2) is 10.9 Å². The fraction of sp³-hybridized carbons (Fsp3) is 0.364. The Bertz CT molecular complexity index is 552. The Labute approximate surface area is 119 Å². The molecule has 0 aliphatic carbocycles. The van der Waals surface area contributed by atoms with Crippen LogP contribution in [0, 0.1) is 0 Å². The second-order valence-corrected chi connectivity index (χ2v) is 5.47. The number of hydrogen-bond acceptors (Lipinski definition) is 7. The first-order valence-electron chi connectivity index (χ1n) is 5.91. The fourth-order valence-electron chi connectivity index (χ4n) is 2.07. The molecule has 19 heavy (non-hydrogen) atoms. The van der Waals surface area contributed by atoms with Gasteiger partial charge in [-0.25, -0.2) is 9.97 Å². The van der Waals surface area contributed by atoms with Crippen molar-refractivity contribution >= 4 is 39.8 Å². The predicted octanol–water partition coefficient (Wildman–Crippen LogP) is 1.50. The molecule has 3 rings (SSSR count). The summed E-state index contributed by atoms with van der Waals surface area (Å²) in [5.74, 6) is 0.967. The largest absolute Gasteiger partial charge is 0.368 e. The lowest BCUT2D eigenvalue weighted by atomic mass is 10.3. The number of nitrogens with two attached hydrogens (primary N) is 1. The van der Waals surface area contributed by atoms with Gasteiger partial charge in [-0.2, -0.15) is 4.98 Å². The van der Waals surface area contributed by atoms with E-state index in [1.54, 1.807) is 17.5 Å². The molecule has 0 saturated carbocycles. The van der Waals surface area contributed by atoms with E-state index >= 15 is 0 Å². The summed E-state index contributed by atoms with van der Waals surface area (Å²) < 4.78 is 0. The van der Waals surface area contributed by atoms with E-state index in [4.69, 9.17) is 17.3 Å². The number of anilines is 3. The minimum Gasteiger partial charge on any atom is -0.368 e. The topological polar surface area (TPSA) is 71.2 Å². The normalized spacial score (nSPS) is 15.8. The second-order valence-electron chi connectivity index (χ2n) is 4.19. The Morgan fingerprint density at radius 2 is 1.89 bits per heavy atom. The molecule has 8 heteroatoms. The van der Waals surface area contributed by atoms with E-state index in [0.29, 0.717) is 10.8 Å². The van der Waals surface area contributed by atoms with Gasteiger partial charge in [-0.3, -0.25) is 0 Å². The van der Waals surface area contributed by atoms with Crippen LogP contribution < -0.4 is 15.5 Å². The molecule has 0 aromatic carbocycles. The van der Waals surface area contributed by atoms with Crippen LogP contribution in [0.15, 0.2) is 17.8 Å². The third-order valence-electron chi connectivity index (χ3n) is 3.01. The number of thiazole rings is 1. The molecule has 0 unspecified atom stereocenters. The van der Waals surface area contributed by atoms with E-state index in [1.165, 1.54) is 0 Å². The first-order valence-corrected chi connectivity index (χ1v) is 7.17. The summed E-state index contributed by atoms with van der Waals surface area (Å²) in [6, 6.07) is 0. The summed E-state index contributed by atoms with van der Waals surface area (Å²) in [5.41, 5.74) is 5.61. The molecule has 0 amide bonds. The Balaban J connectivity index is 1.71. The molecule has 6 nitrogen and oxygen atoms in total. The van der Waals surface area contributed by atoms with Crippen LogP contribution in [0.5, 0.6) is 0 Å². The maximum atomic E-state index is 6.12. The van der Waals surface area contributed by atoms with Crippen LogP contribution >= 0.6 is 22.9 Å².